The molecule has 0 radical (unpaired) electrons. The molecule has 9 aromatic carbocycles. The molecule has 11 rings (SSSR count). The van der Waals surface area contributed by atoms with E-state index in [1.165, 1.54) is 90.5 Å². The lowest BCUT2D eigenvalue weighted by atomic mass is 9.88. The molecule has 0 aliphatic rings. The average molecular weight is 762 g/mol. The van der Waals surface area contributed by atoms with Gasteiger partial charge < -0.3 is 4.90 Å². The molecule has 0 N–H and O–H groups in total. The van der Waals surface area contributed by atoms with Crippen molar-refractivity contribution in [1.82, 2.24) is 0 Å². The minimum atomic E-state index is 1.11. The molecule has 3 heteroatoms. The number of benzene rings is 9. The summed E-state index contributed by atoms with van der Waals surface area (Å²) in [7, 11) is 0. The summed E-state index contributed by atoms with van der Waals surface area (Å²) < 4.78 is 5.21. The third-order valence-corrected chi connectivity index (χ3v) is 13.4. The molecule has 0 spiro atoms. The van der Waals surface area contributed by atoms with E-state index in [-0.39, 0.29) is 0 Å². The van der Waals surface area contributed by atoms with E-state index in [1.54, 1.807) is 0 Å². The maximum atomic E-state index is 2.49. The third-order valence-electron chi connectivity index (χ3n) is 11.1. The number of nitrogens with zero attached hydrogens (tertiary/aromatic N) is 1. The predicted molar refractivity (Wildman–Crippen MR) is 249 cm³/mol. The van der Waals surface area contributed by atoms with Gasteiger partial charge in [0.1, 0.15) is 0 Å². The number of rotatable bonds is 7. The van der Waals surface area contributed by atoms with E-state index >= 15 is 0 Å². The van der Waals surface area contributed by atoms with Crippen molar-refractivity contribution < 1.29 is 0 Å². The maximum Gasteiger partial charge on any atom is 0.0555 e. The van der Waals surface area contributed by atoms with Gasteiger partial charge in [-0.3, -0.25) is 0 Å². The van der Waals surface area contributed by atoms with Gasteiger partial charge in [0.25, 0.3) is 0 Å². The van der Waals surface area contributed by atoms with Crippen molar-refractivity contribution in [3.8, 4) is 44.5 Å². The second-order valence-corrected chi connectivity index (χ2v) is 16.5. The predicted octanol–water partition coefficient (Wildman–Crippen LogP) is 16.6. The van der Waals surface area contributed by atoms with E-state index in [4.69, 9.17) is 0 Å². The molecule has 0 aliphatic carbocycles. The third kappa shape index (κ3) is 5.74. The van der Waals surface area contributed by atoms with Gasteiger partial charge in [0.2, 0.25) is 0 Å². The fourth-order valence-electron chi connectivity index (χ4n) is 8.59. The van der Waals surface area contributed by atoms with Gasteiger partial charge in [-0.1, -0.05) is 164 Å². The van der Waals surface area contributed by atoms with E-state index in [9.17, 15) is 0 Å². The Morgan fingerprint density at radius 2 is 0.702 bits per heavy atom. The van der Waals surface area contributed by atoms with Crippen molar-refractivity contribution in [1.29, 1.82) is 0 Å². The van der Waals surface area contributed by atoms with Crippen LogP contribution < -0.4 is 4.90 Å². The second kappa shape index (κ2) is 14.1. The SMILES string of the molecule is c1ccc(-c2ccccc2-c2ccccc2-c2ccccc2N(c2ccc(-c3cccc4sc5ccccc5c34)cc2)c2cccc3sc4ccccc4c23)cc1. The van der Waals surface area contributed by atoms with Crippen LogP contribution in [0.4, 0.5) is 17.1 Å². The van der Waals surface area contributed by atoms with E-state index in [1.807, 2.05) is 22.7 Å². The summed E-state index contributed by atoms with van der Waals surface area (Å²) >= 11 is 3.73. The summed E-state index contributed by atoms with van der Waals surface area (Å²) in [5.74, 6) is 0. The Labute approximate surface area is 340 Å². The molecule has 1 nitrogen and oxygen atoms in total. The Morgan fingerprint density at radius 3 is 1.40 bits per heavy atom. The van der Waals surface area contributed by atoms with Gasteiger partial charge in [0.15, 0.2) is 0 Å². The molecular formula is C54H35NS2. The zero-order valence-corrected chi connectivity index (χ0v) is 32.6. The standard InChI is InChI=1S/C54H35NS2/c1-2-16-36(17-3-1)39-18-4-5-19-41(39)42-20-6-7-21-43(42)44-22-8-11-26-47(44)55(48-27-15-31-52-54(48)46-24-10-13-29-50(46)57-52)38-34-32-37(33-35-38)40-25-14-30-51-53(40)45-23-9-12-28-49(45)56-51/h1-35H. The van der Waals surface area contributed by atoms with E-state index < -0.39 is 0 Å². The summed E-state index contributed by atoms with van der Waals surface area (Å²) in [6.07, 6.45) is 0. The Balaban J connectivity index is 1.13. The average Bonchev–Trinajstić information content (AvgIpc) is 3.87. The van der Waals surface area contributed by atoms with Crippen LogP contribution >= 0.6 is 22.7 Å². The van der Waals surface area contributed by atoms with E-state index in [0.29, 0.717) is 0 Å². The van der Waals surface area contributed by atoms with Gasteiger partial charge in [-0.05, 0) is 87.5 Å². The summed E-state index contributed by atoms with van der Waals surface area (Å²) in [5.41, 5.74) is 13.1. The van der Waals surface area contributed by atoms with Crippen molar-refractivity contribution in [2.75, 3.05) is 4.90 Å². The summed E-state index contributed by atoms with van der Waals surface area (Å²) in [6.45, 7) is 0. The second-order valence-electron chi connectivity index (χ2n) is 14.4. The number of para-hydroxylation sites is 1. The molecule has 0 aliphatic heterocycles. The molecule has 0 amide bonds. The molecule has 0 atom stereocenters. The summed E-state index contributed by atoms with van der Waals surface area (Å²) in [6, 6.07) is 77.6. The van der Waals surface area contributed by atoms with E-state index in [0.717, 1.165) is 11.4 Å². The zero-order chi connectivity index (χ0) is 37.7. The lowest BCUT2D eigenvalue weighted by Crippen LogP contribution is -2.11. The molecule has 0 unspecified atom stereocenters. The monoisotopic (exact) mass is 761 g/mol. The molecule has 0 bridgehead atoms. The first-order valence-electron chi connectivity index (χ1n) is 19.3. The highest BCUT2D eigenvalue weighted by Gasteiger charge is 2.23. The molecule has 11 aromatic rings. The van der Waals surface area contributed by atoms with Gasteiger partial charge in [-0.15, -0.1) is 22.7 Å². The maximum absolute atomic E-state index is 2.49. The molecule has 57 heavy (non-hydrogen) atoms. The molecule has 0 fully saturated rings. The molecule has 0 saturated heterocycles. The molecule has 2 aromatic heterocycles. The Bertz CT molecular complexity index is 3240. The highest BCUT2D eigenvalue weighted by Crippen LogP contribution is 2.49. The number of thiophene rings is 2. The smallest absolute Gasteiger partial charge is 0.0555 e. The van der Waals surface area contributed by atoms with Crippen LogP contribution in [0.3, 0.4) is 0 Å². The molecule has 0 saturated carbocycles. The van der Waals surface area contributed by atoms with Crippen LogP contribution in [0.1, 0.15) is 0 Å². The van der Waals surface area contributed by atoms with Crippen LogP contribution in [-0.4, -0.2) is 0 Å². The fraction of sp³-hybridized carbons (Fsp3) is 0. The van der Waals surface area contributed by atoms with Crippen LogP contribution in [0, 0.1) is 0 Å². The van der Waals surface area contributed by atoms with Crippen molar-refractivity contribution in [2.45, 2.75) is 0 Å². The first-order chi connectivity index (χ1) is 28.3. The van der Waals surface area contributed by atoms with Crippen molar-refractivity contribution in [3.05, 3.63) is 212 Å². The lowest BCUT2D eigenvalue weighted by molar-refractivity contribution is 1.30. The number of hydrogen-bond acceptors (Lipinski definition) is 3. The normalized spacial score (nSPS) is 11.5. The Hall–Kier alpha value is -6.78. The Kier molecular flexibility index (Phi) is 8.28. The zero-order valence-electron chi connectivity index (χ0n) is 31.0. The number of hydrogen-bond donors (Lipinski definition) is 0. The topological polar surface area (TPSA) is 3.24 Å². The minimum absolute atomic E-state index is 1.11. The van der Waals surface area contributed by atoms with E-state index in [2.05, 4.69) is 217 Å². The summed E-state index contributed by atoms with van der Waals surface area (Å²) in [5, 5.41) is 5.20. The molecule has 2 heterocycles. The van der Waals surface area contributed by atoms with Gasteiger partial charge in [0, 0.05) is 51.6 Å². The van der Waals surface area contributed by atoms with Crippen molar-refractivity contribution in [2.24, 2.45) is 0 Å². The highest BCUT2D eigenvalue weighted by atomic mass is 32.1. The minimum Gasteiger partial charge on any atom is -0.309 e. The van der Waals surface area contributed by atoms with Gasteiger partial charge in [-0.25, -0.2) is 0 Å². The van der Waals surface area contributed by atoms with Gasteiger partial charge >= 0.3 is 0 Å². The first-order valence-corrected chi connectivity index (χ1v) is 21.0. The van der Waals surface area contributed by atoms with Crippen molar-refractivity contribution >= 4 is 80.1 Å². The lowest BCUT2D eigenvalue weighted by Gasteiger charge is -2.29. The highest BCUT2D eigenvalue weighted by molar-refractivity contribution is 7.26. The Morgan fingerprint density at radius 1 is 0.263 bits per heavy atom. The van der Waals surface area contributed by atoms with Crippen LogP contribution in [0.25, 0.3) is 84.9 Å². The molecule has 268 valence electrons. The largest absolute Gasteiger partial charge is 0.309 e. The van der Waals surface area contributed by atoms with Crippen LogP contribution in [0.5, 0.6) is 0 Å². The summed E-state index contributed by atoms with van der Waals surface area (Å²) in [4.78, 5) is 2.49. The fourth-order valence-corrected chi connectivity index (χ4v) is 10.9. The van der Waals surface area contributed by atoms with Crippen LogP contribution in [0.2, 0.25) is 0 Å². The number of fused-ring (bicyclic) bond motifs is 6. The van der Waals surface area contributed by atoms with Crippen LogP contribution in [0.15, 0.2) is 212 Å². The first kappa shape index (κ1) is 33.5. The van der Waals surface area contributed by atoms with Gasteiger partial charge in [0.05, 0.1) is 11.4 Å². The quantitative estimate of drug-likeness (QED) is 0.156. The van der Waals surface area contributed by atoms with Crippen molar-refractivity contribution in [3.63, 3.8) is 0 Å². The van der Waals surface area contributed by atoms with Crippen LogP contribution in [-0.2, 0) is 0 Å². The van der Waals surface area contributed by atoms with Gasteiger partial charge in [-0.2, -0.15) is 0 Å². The molecular weight excluding hydrogens is 727 g/mol. The number of anilines is 3.